The molecule has 4 nitrogen and oxygen atoms in total. The van der Waals surface area contributed by atoms with Crippen LogP contribution in [0.25, 0.3) is 0 Å². The Kier molecular flexibility index (Phi) is 4.55. The molecule has 1 unspecified atom stereocenters. The van der Waals surface area contributed by atoms with Crippen LogP contribution in [0.4, 0.5) is 0 Å². The van der Waals surface area contributed by atoms with Crippen LogP contribution in [0.15, 0.2) is 18.3 Å². The minimum absolute atomic E-state index is 0.359. The van der Waals surface area contributed by atoms with Crippen molar-refractivity contribution in [1.82, 2.24) is 9.47 Å². The molecular formula is C12H20N2O2. The van der Waals surface area contributed by atoms with Crippen LogP contribution in [-0.4, -0.2) is 40.2 Å². The molecule has 90 valence electrons. The zero-order valence-corrected chi connectivity index (χ0v) is 10.2. The van der Waals surface area contributed by atoms with Gasteiger partial charge in [-0.2, -0.15) is 0 Å². The second-order valence-electron chi connectivity index (χ2n) is 4.13. The molecule has 1 N–H and O–H groups in total. The van der Waals surface area contributed by atoms with Crippen molar-refractivity contribution >= 4 is 5.97 Å². The first-order valence-electron chi connectivity index (χ1n) is 5.65. The first kappa shape index (κ1) is 12.8. The smallest absolute Gasteiger partial charge is 0.352 e. The predicted octanol–water partition coefficient (Wildman–Crippen LogP) is 1.92. The highest BCUT2D eigenvalue weighted by Crippen LogP contribution is 2.04. The Morgan fingerprint density at radius 3 is 2.88 bits per heavy atom. The van der Waals surface area contributed by atoms with Gasteiger partial charge in [0, 0.05) is 25.3 Å². The molecule has 1 rings (SSSR count). The molecule has 0 amide bonds. The number of likely N-dealkylation sites (N-methyl/N-ethyl adjacent to an activating group) is 1. The Balaban J connectivity index is 2.54. The Hall–Kier alpha value is -1.29. The van der Waals surface area contributed by atoms with E-state index in [9.17, 15) is 4.79 Å². The molecule has 0 fully saturated rings. The van der Waals surface area contributed by atoms with Gasteiger partial charge in [0.15, 0.2) is 0 Å². The lowest BCUT2D eigenvalue weighted by Gasteiger charge is -2.23. The molecule has 1 heterocycles. The maximum Gasteiger partial charge on any atom is 0.352 e. The topological polar surface area (TPSA) is 45.5 Å². The van der Waals surface area contributed by atoms with Crippen LogP contribution in [0.1, 0.15) is 30.8 Å². The first-order valence-corrected chi connectivity index (χ1v) is 5.65. The van der Waals surface area contributed by atoms with Crippen molar-refractivity contribution in [3.63, 3.8) is 0 Å². The van der Waals surface area contributed by atoms with Crippen molar-refractivity contribution in [1.29, 1.82) is 0 Å². The molecule has 16 heavy (non-hydrogen) atoms. The van der Waals surface area contributed by atoms with Gasteiger partial charge in [-0.3, -0.25) is 0 Å². The van der Waals surface area contributed by atoms with Gasteiger partial charge in [-0.05, 0) is 32.5 Å². The summed E-state index contributed by atoms with van der Waals surface area (Å²) in [5, 5.41) is 8.94. The number of carboxylic acid groups (broad SMARTS) is 1. The third-order valence-electron chi connectivity index (χ3n) is 3.09. The standard InChI is InChI=1S/C12H20N2O2/c1-4-10(2)13(3)8-9-14-7-5-6-11(14)12(15)16/h5-7,10H,4,8-9H2,1-3H3,(H,15,16). The third kappa shape index (κ3) is 3.10. The van der Waals surface area contributed by atoms with Gasteiger partial charge < -0.3 is 14.6 Å². The highest BCUT2D eigenvalue weighted by Gasteiger charge is 2.10. The summed E-state index contributed by atoms with van der Waals surface area (Å²) in [7, 11) is 2.07. The van der Waals surface area contributed by atoms with Gasteiger partial charge in [-0.25, -0.2) is 4.79 Å². The van der Waals surface area contributed by atoms with E-state index in [1.54, 1.807) is 16.7 Å². The van der Waals surface area contributed by atoms with Crippen molar-refractivity contribution in [2.75, 3.05) is 13.6 Å². The van der Waals surface area contributed by atoms with E-state index >= 15 is 0 Å². The average molecular weight is 224 g/mol. The minimum Gasteiger partial charge on any atom is -0.477 e. The van der Waals surface area contributed by atoms with Gasteiger partial charge in [0.2, 0.25) is 0 Å². The molecule has 0 aliphatic carbocycles. The van der Waals surface area contributed by atoms with Crippen LogP contribution >= 0.6 is 0 Å². The van der Waals surface area contributed by atoms with Crippen LogP contribution in [0, 0.1) is 0 Å². The van der Waals surface area contributed by atoms with Crippen molar-refractivity contribution in [2.45, 2.75) is 32.9 Å². The highest BCUT2D eigenvalue weighted by molar-refractivity contribution is 5.85. The third-order valence-corrected chi connectivity index (χ3v) is 3.09. The number of rotatable bonds is 6. The number of aromatic nitrogens is 1. The number of aromatic carboxylic acids is 1. The Morgan fingerprint density at radius 1 is 1.62 bits per heavy atom. The van der Waals surface area contributed by atoms with Crippen molar-refractivity contribution in [3.05, 3.63) is 24.0 Å². The van der Waals surface area contributed by atoms with Gasteiger partial charge in [0.05, 0.1) is 0 Å². The molecule has 1 aromatic heterocycles. The Labute approximate surface area is 96.5 Å². The SMILES string of the molecule is CCC(C)N(C)CCn1cccc1C(=O)O. The van der Waals surface area contributed by atoms with Crippen LogP contribution < -0.4 is 0 Å². The van der Waals surface area contributed by atoms with Crippen molar-refractivity contribution < 1.29 is 9.90 Å². The molecule has 0 bridgehead atoms. The quantitative estimate of drug-likeness (QED) is 0.803. The van der Waals surface area contributed by atoms with E-state index in [0.29, 0.717) is 11.7 Å². The van der Waals surface area contributed by atoms with Gasteiger partial charge in [0.25, 0.3) is 0 Å². The molecule has 0 saturated heterocycles. The van der Waals surface area contributed by atoms with E-state index in [0.717, 1.165) is 19.5 Å². The first-order chi connectivity index (χ1) is 7.56. The summed E-state index contributed by atoms with van der Waals surface area (Å²) < 4.78 is 1.78. The summed E-state index contributed by atoms with van der Waals surface area (Å²) in [6.07, 6.45) is 2.92. The second kappa shape index (κ2) is 5.70. The largest absolute Gasteiger partial charge is 0.477 e. The van der Waals surface area contributed by atoms with Gasteiger partial charge in [-0.15, -0.1) is 0 Å². The molecule has 0 aromatic carbocycles. The summed E-state index contributed by atoms with van der Waals surface area (Å²) >= 11 is 0. The van der Waals surface area contributed by atoms with Crippen LogP contribution in [0.5, 0.6) is 0 Å². The number of carboxylic acids is 1. The van der Waals surface area contributed by atoms with Gasteiger partial charge >= 0.3 is 5.97 Å². The molecule has 0 radical (unpaired) electrons. The van der Waals surface area contributed by atoms with Crippen molar-refractivity contribution in [2.24, 2.45) is 0 Å². The summed E-state index contributed by atoms with van der Waals surface area (Å²) in [5.41, 5.74) is 0.359. The Morgan fingerprint density at radius 2 is 2.31 bits per heavy atom. The fourth-order valence-electron chi connectivity index (χ4n) is 1.60. The van der Waals surface area contributed by atoms with E-state index in [1.165, 1.54) is 0 Å². The molecule has 0 saturated carbocycles. The second-order valence-corrected chi connectivity index (χ2v) is 4.13. The summed E-state index contributed by atoms with van der Waals surface area (Å²) in [4.78, 5) is 13.1. The molecule has 0 spiro atoms. The van der Waals surface area contributed by atoms with E-state index < -0.39 is 5.97 Å². The van der Waals surface area contributed by atoms with E-state index in [1.807, 2.05) is 6.20 Å². The summed E-state index contributed by atoms with van der Waals surface area (Å²) in [6.45, 7) is 5.91. The normalized spacial score (nSPS) is 13.0. The molecule has 1 aromatic rings. The molecular weight excluding hydrogens is 204 g/mol. The number of nitrogens with zero attached hydrogens (tertiary/aromatic N) is 2. The maximum atomic E-state index is 10.9. The van der Waals surface area contributed by atoms with Gasteiger partial charge in [-0.1, -0.05) is 6.92 Å². The summed E-state index contributed by atoms with van der Waals surface area (Å²) in [5.74, 6) is -0.865. The monoisotopic (exact) mass is 224 g/mol. The molecule has 1 atom stereocenters. The van der Waals surface area contributed by atoms with Crippen LogP contribution in [0.2, 0.25) is 0 Å². The van der Waals surface area contributed by atoms with Crippen LogP contribution in [-0.2, 0) is 6.54 Å². The lowest BCUT2D eigenvalue weighted by Crippen LogP contribution is -2.31. The maximum absolute atomic E-state index is 10.9. The van der Waals surface area contributed by atoms with E-state index in [2.05, 4.69) is 25.8 Å². The van der Waals surface area contributed by atoms with Crippen LogP contribution in [0.3, 0.4) is 0 Å². The fraction of sp³-hybridized carbons (Fsp3) is 0.583. The number of hydrogen-bond donors (Lipinski definition) is 1. The Bertz CT molecular complexity index is 347. The average Bonchev–Trinajstić information content (AvgIpc) is 2.72. The van der Waals surface area contributed by atoms with E-state index in [-0.39, 0.29) is 0 Å². The molecule has 4 heteroatoms. The van der Waals surface area contributed by atoms with E-state index in [4.69, 9.17) is 5.11 Å². The predicted molar refractivity (Wildman–Crippen MR) is 63.8 cm³/mol. The van der Waals surface area contributed by atoms with Crippen molar-refractivity contribution in [3.8, 4) is 0 Å². The highest BCUT2D eigenvalue weighted by atomic mass is 16.4. The van der Waals surface area contributed by atoms with Gasteiger partial charge in [0.1, 0.15) is 5.69 Å². The molecule has 0 aliphatic heterocycles. The zero-order valence-electron chi connectivity index (χ0n) is 10.2. The summed E-state index contributed by atoms with van der Waals surface area (Å²) in [6, 6.07) is 3.93. The number of carbonyl (C=O) groups is 1. The number of hydrogen-bond acceptors (Lipinski definition) is 2. The zero-order chi connectivity index (χ0) is 12.1. The molecule has 0 aliphatic rings. The lowest BCUT2D eigenvalue weighted by atomic mass is 10.2. The minimum atomic E-state index is -0.865. The lowest BCUT2D eigenvalue weighted by molar-refractivity contribution is 0.0684. The fourth-order valence-corrected chi connectivity index (χ4v) is 1.60.